The molecule has 0 aliphatic carbocycles. The molecule has 104 valence electrons. The van der Waals surface area contributed by atoms with Crippen molar-refractivity contribution in [1.82, 2.24) is 0 Å². The topological polar surface area (TPSA) is 48.1 Å². The smallest absolute Gasteiger partial charge is 0.306 e. The van der Waals surface area contributed by atoms with Crippen LogP contribution in [0.2, 0.25) is 0 Å². The van der Waals surface area contributed by atoms with Gasteiger partial charge in [0.05, 0.1) is 17.7 Å². The molecular weight excluding hydrogens is 312 g/mol. The van der Waals surface area contributed by atoms with Gasteiger partial charge in [0.1, 0.15) is 18.5 Å². The van der Waals surface area contributed by atoms with Crippen LogP contribution in [0.25, 0.3) is 0 Å². The summed E-state index contributed by atoms with van der Waals surface area (Å²) >= 11 is 3.45. The van der Waals surface area contributed by atoms with Crippen molar-refractivity contribution in [3.8, 4) is 5.75 Å². The van der Waals surface area contributed by atoms with Gasteiger partial charge < -0.3 is 14.2 Å². The van der Waals surface area contributed by atoms with Gasteiger partial charge in [-0.3, -0.25) is 4.79 Å². The largest absolute Gasteiger partial charge is 0.490 e. The van der Waals surface area contributed by atoms with Crippen LogP contribution in [0.5, 0.6) is 5.75 Å². The molecular formula is C14H17BrO4. The Balaban J connectivity index is 1.89. The summed E-state index contributed by atoms with van der Waals surface area (Å²) in [6, 6.07) is 5.86. The van der Waals surface area contributed by atoms with E-state index in [0.717, 1.165) is 22.4 Å². The Kier molecular flexibility index (Phi) is 5.22. The first-order valence-electron chi connectivity index (χ1n) is 6.37. The summed E-state index contributed by atoms with van der Waals surface area (Å²) in [5.74, 6) is 0.621. The highest BCUT2D eigenvalue weighted by atomic mass is 79.9. The predicted molar refractivity (Wildman–Crippen MR) is 74.3 cm³/mol. The van der Waals surface area contributed by atoms with E-state index in [1.165, 1.54) is 0 Å². The zero-order valence-electron chi connectivity index (χ0n) is 10.9. The maximum atomic E-state index is 11.3. The van der Waals surface area contributed by atoms with Crippen LogP contribution >= 0.6 is 15.9 Å². The Morgan fingerprint density at radius 1 is 1.53 bits per heavy atom. The maximum absolute atomic E-state index is 11.3. The zero-order valence-corrected chi connectivity index (χ0v) is 12.4. The number of halogens is 1. The lowest BCUT2D eigenvalue weighted by molar-refractivity contribution is -0.143. The third-order valence-electron chi connectivity index (χ3n) is 2.75. The molecule has 2 rings (SSSR count). The highest BCUT2D eigenvalue weighted by Gasteiger charge is 2.23. The van der Waals surface area contributed by atoms with E-state index >= 15 is 0 Å². The summed E-state index contributed by atoms with van der Waals surface area (Å²) in [5.41, 5.74) is 1.06. The van der Waals surface area contributed by atoms with Gasteiger partial charge in [0.15, 0.2) is 0 Å². The number of carbonyl (C=O) groups is 1. The third kappa shape index (κ3) is 4.84. The molecule has 0 spiro atoms. The van der Waals surface area contributed by atoms with Gasteiger partial charge >= 0.3 is 5.97 Å². The average molecular weight is 329 g/mol. The van der Waals surface area contributed by atoms with Gasteiger partial charge in [0, 0.05) is 6.42 Å². The summed E-state index contributed by atoms with van der Waals surface area (Å²) in [6.07, 6.45) is 1.28. The number of benzene rings is 1. The van der Waals surface area contributed by atoms with Gasteiger partial charge in [-0.1, -0.05) is 6.07 Å². The molecule has 0 aromatic heterocycles. The van der Waals surface area contributed by atoms with Gasteiger partial charge in [-0.15, -0.1) is 0 Å². The highest BCUT2D eigenvalue weighted by Crippen LogP contribution is 2.27. The normalized spacial score (nSPS) is 17.1. The van der Waals surface area contributed by atoms with E-state index < -0.39 is 0 Å². The van der Waals surface area contributed by atoms with E-state index in [1.54, 1.807) is 0 Å². The van der Waals surface area contributed by atoms with Crippen LogP contribution < -0.4 is 4.74 Å². The Morgan fingerprint density at radius 3 is 3.00 bits per heavy atom. The molecule has 0 N–H and O–H groups in total. The molecule has 19 heavy (non-hydrogen) atoms. The van der Waals surface area contributed by atoms with Crippen molar-refractivity contribution < 1.29 is 19.0 Å². The summed E-state index contributed by atoms with van der Waals surface area (Å²) in [6.45, 7) is 3.58. The first-order valence-corrected chi connectivity index (χ1v) is 7.16. The molecule has 1 aromatic rings. The van der Waals surface area contributed by atoms with Crippen molar-refractivity contribution in [3.63, 3.8) is 0 Å². The number of hydrogen-bond acceptors (Lipinski definition) is 4. The van der Waals surface area contributed by atoms with E-state index in [4.69, 9.17) is 14.2 Å². The molecule has 1 atom stereocenters. The fourth-order valence-corrected chi connectivity index (χ4v) is 2.00. The Morgan fingerprint density at radius 2 is 2.32 bits per heavy atom. The number of esters is 1. The SMILES string of the molecule is CCOC(=O)CCc1ccc(Br)c(OCC2CO2)c1. The molecule has 5 heteroatoms. The number of carbonyl (C=O) groups excluding carboxylic acids is 1. The van der Waals surface area contributed by atoms with Crippen LogP contribution in [-0.4, -0.2) is 31.9 Å². The molecule has 0 radical (unpaired) electrons. The quantitative estimate of drug-likeness (QED) is 0.570. The van der Waals surface area contributed by atoms with Crippen molar-refractivity contribution >= 4 is 21.9 Å². The second-order valence-electron chi connectivity index (χ2n) is 4.34. The predicted octanol–water partition coefficient (Wildman–Crippen LogP) is 2.72. The van der Waals surface area contributed by atoms with Crippen LogP contribution in [0.3, 0.4) is 0 Å². The first-order chi connectivity index (χ1) is 9.19. The monoisotopic (exact) mass is 328 g/mol. The molecule has 1 fully saturated rings. The molecule has 1 aliphatic heterocycles. The molecule has 1 saturated heterocycles. The second-order valence-corrected chi connectivity index (χ2v) is 5.19. The lowest BCUT2D eigenvalue weighted by Crippen LogP contribution is -2.06. The van der Waals surface area contributed by atoms with Gasteiger partial charge in [0.2, 0.25) is 0 Å². The Bertz CT molecular complexity index is 443. The van der Waals surface area contributed by atoms with E-state index in [0.29, 0.717) is 26.1 Å². The molecule has 1 heterocycles. The van der Waals surface area contributed by atoms with Crippen molar-refractivity contribution in [2.75, 3.05) is 19.8 Å². The van der Waals surface area contributed by atoms with Crippen LogP contribution in [0, 0.1) is 0 Å². The summed E-state index contributed by atoms with van der Waals surface area (Å²) in [4.78, 5) is 11.3. The number of ether oxygens (including phenoxy) is 3. The van der Waals surface area contributed by atoms with Gasteiger partial charge in [-0.05, 0) is 47.0 Å². The number of rotatable bonds is 7. The van der Waals surface area contributed by atoms with Crippen LogP contribution in [0.15, 0.2) is 22.7 Å². The maximum Gasteiger partial charge on any atom is 0.306 e. The third-order valence-corrected chi connectivity index (χ3v) is 3.40. The van der Waals surface area contributed by atoms with Crippen molar-refractivity contribution in [1.29, 1.82) is 0 Å². The van der Waals surface area contributed by atoms with E-state index in [9.17, 15) is 4.79 Å². The number of aryl methyl sites for hydroxylation is 1. The standard InChI is InChI=1S/C14H17BrO4/c1-2-17-14(16)6-4-10-3-5-12(15)13(7-10)19-9-11-8-18-11/h3,5,7,11H,2,4,6,8-9H2,1H3. The zero-order chi connectivity index (χ0) is 13.7. The minimum atomic E-state index is -0.167. The first kappa shape index (κ1) is 14.3. The number of epoxide rings is 1. The van der Waals surface area contributed by atoms with Gasteiger partial charge in [-0.25, -0.2) is 0 Å². The molecule has 0 saturated carbocycles. The Hall–Kier alpha value is -1.07. The summed E-state index contributed by atoms with van der Waals surface area (Å²) in [5, 5.41) is 0. The molecule has 1 aliphatic rings. The average Bonchev–Trinajstić information content (AvgIpc) is 3.21. The second kappa shape index (κ2) is 6.91. The van der Waals surface area contributed by atoms with E-state index in [-0.39, 0.29) is 12.1 Å². The summed E-state index contributed by atoms with van der Waals surface area (Å²) in [7, 11) is 0. The van der Waals surface area contributed by atoms with Crippen LogP contribution in [0.4, 0.5) is 0 Å². The van der Waals surface area contributed by atoms with Crippen molar-refractivity contribution in [2.45, 2.75) is 25.9 Å². The fraction of sp³-hybridized carbons (Fsp3) is 0.500. The summed E-state index contributed by atoms with van der Waals surface area (Å²) < 4.78 is 16.6. The molecule has 4 nitrogen and oxygen atoms in total. The lowest BCUT2D eigenvalue weighted by atomic mass is 10.1. The highest BCUT2D eigenvalue weighted by molar-refractivity contribution is 9.10. The minimum Gasteiger partial charge on any atom is -0.490 e. The van der Waals surface area contributed by atoms with Crippen LogP contribution in [-0.2, 0) is 20.7 Å². The van der Waals surface area contributed by atoms with Gasteiger partial charge in [0.25, 0.3) is 0 Å². The van der Waals surface area contributed by atoms with Crippen molar-refractivity contribution in [3.05, 3.63) is 28.2 Å². The van der Waals surface area contributed by atoms with Crippen molar-refractivity contribution in [2.24, 2.45) is 0 Å². The van der Waals surface area contributed by atoms with Gasteiger partial charge in [-0.2, -0.15) is 0 Å². The van der Waals surface area contributed by atoms with Crippen LogP contribution in [0.1, 0.15) is 18.9 Å². The minimum absolute atomic E-state index is 0.167. The van der Waals surface area contributed by atoms with E-state index in [2.05, 4.69) is 15.9 Å². The Labute approximate surface area is 121 Å². The lowest BCUT2D eigenvalue weighted by Gasteiger charge is -2.09. The number of hydrogen-bond donors (Lipinski definition) is 0. The molecule has 1 unspecified atom stereocenters. The molecule has 0 bridgehead atoms. The molecule has 1 aromatic carbocycles. The van der Waals surface area contributed by atoms with E-state index in [1.807, 2.05) is 25.1 Å². The fourth-order valence-electron chi connectivity index (χ4n) is 1.64. The molecule has 0 amide bonds.